The summed E-state index contributed by atoms with van der Waals surface area (Å²) in [7, 11) is 0. The van der Waals surface area contributed by atoms with Crippen molar-refractivity contribution in [3.8, 4) is 11.1 Å². The third-order valence-electron chi connectivity index (χ3n) is 5.14. The van der Waals surface area contributed by atoms with Crippen LogP contribution < -0.4 is 0 Å². The first kappa shape index (κ1) is 16.4. The molecular weight excluding hydrogens is 304 g/mol. The maximum atomic E-state index is 5.82. The lowest BCUT2D eigenvalue weighted by atomic mass is 9.75. The van der Waals surface area contributed by atoms with E-state index in [1.54, 1.807) is 0 Å². The number of hydrogen-bond donors (Lipinski definition) is 0. The molecule has 23 heavy (non-hydrogen) atoms. The van der Waals surface area contributed by atoms with E-state index in [-0.39, 0.29) is 0 Å². The molecule has 1 saturated carbocycles. The fraction of sp³-hybridized carbons (Fsp3) is 0.500. The van der Waals surface area contributed by atoms with Crippen LogP contribution in [-0.4, -0.2) is 9.97 Å². The number of unbranched alkanes of at least 4 members (excludes halogenated alkanes) is 1. The molecule has 1 aromatic carbocycles. The van der Waals surface area contributed by atoms with Crippen molar-refractivity contribution in [2.45, 2.75) is 57.8 Å². The van der Waals surface area contributed by atoms with Crippen LogP contribution in [0.3, 0.4) is 0 Å². The van der Waals surface area contributed by atoms with Gasteiger partial charge in [0.25, 0.3) is 0 Å². The van der Waals surface area contributed by atoms with Gasteiger partial charge in [0.15, 0.2) is 0 Å². The summed E-state index contributed by atoms with van der Waals surface area (Å²) in [6, 6.07) is 8.71. The number of halogens is 1. The molecule has 0 saturated heterocycles. The fourth-order valence-electron chi connectivity index (χ4n) is 3.82. The average molecular weight is 329 g/mol. The van der Waals surface area contributed by atoms with Crippen molar-refractivity contribution < 1.29 is 0 Å². The van der Waals surface area contributed by atoms with Gasteiger partial charge in [-0.2, -0.15) is 0 Å². The summed E-state index contributed by atoms with van der Waals surface area (Å²) in [5.41, 5.74) is 3.78. The first-order valence-electron chi connectivity index (χ1n) is 8.84. The molecule has 0 unspecified atom stereocenters. The minimum atomic E-state index is 0.308. The molecule has 1 aliphatic carbocycles. The zero-order chi connectivity index (χ0) is 16.1. The minimum Gasteiger partial charge on any atom is -0.226 e. The summed E-state index contributed by atoms with van der Waals surface area (Å²) >= 11 is 5.82. The molecule has 0 radical (unpaired) electrons. The molecule has 0 N–H and O–H groups in total. The Labute approximate surface area is 144 Å². The first-order chi connectivity index (χ1) is 11.3. The molecule has 0 aliphatic heterocycles. The van der Waals surface area contributed by atoms with E-state index in [0.717, 1.165) is 11.5 Å². The molecule has 2 nitrogen and oxygen atoms in total. The third kappa shape index (κ3) is 4.11. The van der Waals surface area contributed by atoms with Gasteiger partial charge in [-0.05, 0) is 60.2 Å². The highest BCUT2D eigenvalue weighted by atomic mass is 35.5. The normalized spacial score (nSPS) is 21.3. The summed E-state index contributed by atoms with van der Waals surface area (Å²) in [6.07, 6.45) is 13.1. The van der Waals surface area contributed by atoms with E-state index in [1.165, 1.54) is 56.1 Å². The van der Waals surface area contributed by atoms with Crippen LogP contribution in [0.1, 0.15) is 63.4 Å². The van der Waals surface area contributed by atoms with Gasteiger partial charge >= 0.3 is 0 Å². The van der Waals surface area contributed by atoms with Gasteiger partial charge in [0.1, 0.15) is 0 Å². The lowest BCUT2D eigenvalue weighted by molar-refractivity contribution is 0.304. The van der Waals surface area contributed by atoms with Crippen LogP contribution in [0.25, 0.3) is 11.1 Å². The van der Waals surface area contributed by atoms with Crippen molar-refractivity contribution in [2.75, 3.05) is 0 Å². The van der Waals surface area contributed by atoms with Crippen LogP contribution in [0.4, 0.5) is 0 Å². The van der Waals surface area contributed by atoms with Crippen LogP contribution in [0, 0.1) is 5.92 Å². The Bertz CT molecular complexity index is 616. The molecule has 3 rings (SSSR count). The predicted molar refractivity (Wildman–Crippen MR) is 96.7 cm³/mol. The van der Waals surface area contributed by atoms with Gasteiger partial charge in [0.2, 0.25) is 5.28 Å². The van der Waals surface area contributed by atoms with E-state index >= 15 is 0 Å². The lowest BCUT2D eigenvalue weighted by Gasteiger charge is -2.30. The summed E-state index contributed by atoms with van der Waals surface area (Å²) in [4.78, 5) is 8.28. The van der Waals surface area contributed by atoms with E-state index in [9.17, 15) is 0 Å². The predicted octanol–water partition coefficient (Wildman–Crippen LogP) is 6.26. The maximum Gasteiger partial charge on any atom is 0.222 e. The second-order valence-corrected chi connectivity index (χ2v) is 7.03. The monoisotopic (exact) mass is 328 g/mol. The molecular formula is C20H25ClN2. The molecule has 0 atom stereocenters. The zero-order valence-electron chi connectivity index (χ0n) is 13.8. The van der Waals surface area contributed by atoms with Gasteiger partial charge < -0.3 is 0 Å². The Morgan fingerprint density at radius 1 is 1.04 bits per heavy atom. The van der Waals surface area contributed by atoms with Crippen LogP contribution in [0.15, 0.2) is 36.7 Å². The van der Waals surface area contributed by atoms with Gasteiger partial charge in [-0.15, -0.1) is 0 Å². The van der Waals surface area contributed by atoms with Crippen molar-refractivity contribution >= 4 is 11.6 Å². The van der Waals surface area contributed by atoms with E-state index < -0.39 is 0 Å². The Balaban J connectivity index is 1.75. The van der Waals surface area contributed by atoms with Gasteiger partial charge in [-0.1, -0.05) is 50.5 Å². The quantitative estimate of drug-likeness (QED) is 0.605. The molecule has 0 amide bonds. The molecule has 1 aliphatic rings. The van der Waals surface area contributed by atoms with Gasteiger partial charge in [-0.3, -0.25) is 0 Å². The zero-order valence-corrected chi connectivity index (χ0v) is 14.6. The highest BCUT2D eigenvalue weighted by Gasteiger charge is 2.23. The van der Waals surface area contributed by atoms with Crippen LogP contribution in [0.5, 0.6) is 0 Å². The topological polar surface area (TPSA) is 25.8 Å². The maximum absolute atomic E-state index is 5.82. The molecule has 0 spiro atoms. The number of nitrogens with zero attached hydrogens (tertiary/aromatic N) is 2. The standard InChI is InChI=1S/C20H25ClN2/c1-2-3-6-15-9-11-16(12-10-15)18-7-4-5-8-19(18)17-13-22-20(21)23-14-17/h4-5,7-8,13-16H,2-3,6,9-12H2,1H3. The molecule has 1 aromatic heterocycles. The van der Waals surface area contributed by atoms with Crippen LogP contribution >= 0.6 is 11.6 Å². The van der Waals surface area contributed by atoms with E-state index in [0.29, 0.717) is 11.2 Å². The highest BCUT2D eigenvalue weighted by molar-refractivity contribution is 6.28. The summed E-state index contributed by atoms with van der Waals surface area (Å²) in [5.74, 6) is 1.61. The Morgan fingerprint density at radius 2 is 1.74 bits per heavy atom. The highest BCUT2D eigenvalue weighted by Crippen LogP contribution is 2.41. The molecule has 1 fully saturated rings. The second kappa shape index (κ2) is 7.92. The van der Waals surface area contributed by atoms with Crippen molar-refractivity contribution in [3.05, 3.63) is 47.5 Å². The molecule has 2 aromatic rings. The smallest absolute Gasteiger partial charge is 0.222 e. The Kier molecular flexibility index (Phi) is 5.66. The number of rotatable bonds is 5. The molecule has 1 heterocycles. The van der Waals surface area contributed by atoms with Crippen molar-refractivity contribution in [2.24, 2.45) is 5.92 Å². The third-order valence-corrected chi connectivity index (χ3v) is 5.34. The fourth-order valence-corrected chi connectivity index (χ4v) is 3.92. The molecule has 3 heteroatoms. The SMILES string of the molecule is CCCCC1CCC(c2ccccc2-c2cnc(Cl)nc2)CC1. The van der Waals surface area contributed by atoms with Gasteiger partial charge in [0, 0.05) is 18.0 Å². The average Bonchev–Trinajstić information content (AvgIpc) is 2.61. The molecule has 122 valence electrons. The van der Waals surface area contributed by atoms with Crippen molar-refractivity contribution in [3.63, 3.8) is 0 Å². The van der Waals surface area contributed by atoms with Crippen molar-refractivity contribution in [1.82, 2.24) is 9.97 Å². The summed E-state index contributed by atoms with van der Waals surface area (Å²) < 4.78 is 0. The van der Waals surface area contributed by atoms with Crippen molar-refractivity contribution in [1.29, 1.82) is 0 Å². The van der Waals surface area contributed by atoms with Crippen LogP contribution in [0.2, 0.25) is 5.28 Å². The largest absolute Gasteiger partial charge is 0.226 e. The van der Waals surface area contributed by atoms with Gasteiger partial charge in [0.05, 0.1) is 0 Å². The number of aromatic nitrogens is 2. The van der Waals surface area contributed by atoms with E-state index in [1.807, 2.05) is 12.4 Å². The lowest BCUT2D eigenvalue weighted by Crippen LogP contribution is -2.14. The number of benzene rings is 1. The van der Waals surface area contributed by atoms with Gasteiger partial charge in [-0.25, -0.2) is 9.97 Å². The minimum absolute atomic E-state index is 0.308. The Morgan fingerprint density at radius 3 is 2.43 bits per heavy atom. The molecule has 0 bridgehead atoms. The van der Waals surface area contributed by atoms with Crippen LogP contribution in [-0.2, 0) is 0 Å². The summed E-state index contributed by atoms with van der Waals surface area (Å²) in [6.45, 7) is 2.29. The first-order valence-corrected chi connectivity index (χ1v) is 9.22. The van der Waals surface area contributed by atoms with E-state index in [2.05, 4.69) is 41.2 Å². The Hall–Kier alpha value is -1.41. The summed E-state index contributed by atoms with van der Waals surface area (Å²) in [5, 5.41) is 0.308. The van der Waals surface area contributed by atoms with E-state index in [4.69, 9.17) is 11.6 Å². The number of hydrogen-bond acceptors (Lipinski definition) is 2. The second-order valence-electron chi connectivity index (χ2n) is 6.69.